The summed E-state index contributed by atoms with van der Waals surface area (Å²) >= 11 is 3.13. The van der Waals surface area contributed by atoms with Gasteiger partial charge in [0.1, 0.15) is 0 Å². The molecule has 0 atom stereocenters. The van der Waals surface area contributed by atoms with Crippen LogP contribution in [0.2, 0.25) is 0 Å². The summed E-state index contributed by atoms with van der Waals surface area (Å²) in [4.78, 5) is 11.8. The molecule has 0 saturated carbocycles. The highest BCUT2D eigenvalue weighted by molar-refractivity contribution is 9.19. The number of hydrazone groups is 1. The molecule has 0 saturated heterocycles. The van der Waals surface area contributed by atoms with Crippen LogP contribution in [0, 0.1) is 0 Å². The minimum absolute atomic E-state index is 0.181. The molecule has 19 heavy (non-hydrogen) atoms. The van der Waals surface area contributed by atoms with E-state index in [0.29, 0.717) is 0 Å². The number of carbonyl (C=O) groups is 1. The molecular formula is C14H12BrN3O. The molecule has 0 spiro atoms. The molecule has 0 radical (unpaired) electrons. The number of para-hydroxylation sites is 2. The van der Waals surface area contributed by atoms with Crippen molar-refractivity contribution >= 4 is 37.8 Å². The first-order chi connectivity index (χ1) is 9.25. The van der Waals surface area contributed by atoms with Crippen LogP contribution in [0.1, 0.15) is 0 Å². The number of nitrogens with zero attached hydrogens (tertiary/aromatic N) is 1. The highest BCUT2D eigenvalue weighted by atomic mass is 79.9. The molecule has 2 aromatic rings. The van der Waals surface area contributed by atoms with E-state index in [0.717, 1.165) is 11.4 Å². The van der Waals surface area contributed by atoms with Gasteiger partial charge < -0.3 is 5.32 Å². The van der Waals surface area contributed by atoms with Gasteiger partial charge in [0.2, 0.25) is 0 Å². The molecule has 0 aliphatic carbocycles. The Morgan fingerprint density at radius 2 is 1.42 bits per heavy atom. The molecule has 4 nitrogen and oxygen atoms in total. The quantitative estimate of drug-likeness (QED) is 0.670. The Kier molecular flexibility index (Phi) is 4.69. The number of nitrogens with one attached hydrogen (secondary N) is 2. The highest BCUT2D eigenvalue weighted by Crippen LogP contribution is 2.08. The van der Waals surface area contributed by atoms with E-state index in [4.69, 9.17) is 0 Å². The van der Waals surface area contributed by atoms with Crippen molar-refractivity contribution in [2.24, 2.45) is 5.10 Å². The van der Waals surface area contributed by atoms with Crippen molar-refractivity contribution in [1.82, 2.24) is 0 Å². The normalized spacial score (nSPS) is 10.9. The number of hydrogen-bond donors (Lipinski definition) is 2. The minimum atomic E-state index is -0.311. The van der Waals surface area contributed by atoms with Gasteiger partial charge in [0.05, 0.1) is 5.69 Å². The van der Waals surface area contributed by atoms with Crippen LogP contribution < -0.4 is 10.7 Å². The molecule has 5 heteroatoms. The molecule has 0 aliphatic rings. The van der Waals surface area contributed by atoms with Gasteiger partial charge in [-0.2, -0.15) is 5.10 Å². The van der Waals surface area contributed by atoms with Gasteiger partial charge in [-0.25, -0.2) is 0 Å². The summed E-state index contributed by atoms with van der Waals surface area (Å²) in [6, 6.07) is 18.6. The number of anilines is 2. The summed E-state index contributed by atoms with van der Waals surface area (Å²) in [6.45, 7) is 0. The lowest BCUT2D eigenvalue weighted by Gasteiger charge is -2.04. The van der Waals surface area contributed by atoms with Crippen molar-refractivity contribution in [2.45, 2.75) is 0 Å². The average Bonchev–Trinajstić information content (AvgIpc) is 2.47. The Morgan fingerprint density at radius 1 is 0.895 bits per heavy atom. The molecule has 2 aromatic carbocycles. The maximum Gasteiger partial charge on any atom is 0.283 e. The maximum absolute atomic E-state index is 11.8. The summed E-state index contributed by atoms with van der Waals surface area (Å²) in [6.07, 6.45) is 0. The summed E-state index contributed by atoms with van der Waals surface area (Å²) in [5, 5.41) is 6.68. The van der Waals surface area contributed by atoms with E-state index in [2.05, 4.69) is 31.8 Å². The largest absolute Gasteiger partial charge is 0.320 e. The molecule has 0 fully saturated rings. The molecule has 2 N–H and O–H groups in total. The van der Waals surface area contributed by atoms with Gasteiger partial charge in [-0.3, -0.25) is 10.2 Å². The Labute approximate surface area is 119 Å². The summed E-state index contributed by atoms with van der Waals surface area (Å²) < 4.78 is 0.181. The monoisotopic (exact) mass is 317 g/mol. The zero-order valence-corrected chi connectivity index (χ0v) is 11.6. The van der Waals surface area contributed by atoms with E-state index in [1.165, 1.54) is 0 Å². The molecule has 0 aromatic heterocycles. The van der Waals surface area contributed by atoms with Gasteiger partial charge in [0.15, 0.2) is 4.62 Å². The fourth-order valence-electron chi connectivity index (χ4n) is 1.38. The Hall–Kier alpha value is -2.14. The van der Waals surface area contributed by atoms with E-state index >= 15 is 0 Å². The zero-order chi connectivity index (χ0) is 13.5. The van der Waals surface area contributed by atoms with Gasteiger partial charge in [0.25, 0.3) is 5.91 Å². The van der Waals surface area contributed by atoms with Crippen molar-refractivity contribution in [3.8, 4) is 0 Å². The van der Waals surface area contributed by atoms with E-state index < -0.39 is 0 Å². The summed E-state index contributed by atoms with van der Waals surface area (Å²) in [7, 11) is 0. The Balaban J connectivity index is 1.95. The Morgan fingerprint density at radius 3 is 2.00 bits per heavy atom. The van der Waals surface area contributed by atoms with Gasteiger partial charge >= 0.3 is 0 Å². The van der Waals surface area contributed by atoms with Crippen LogP contribution in [0.4, 0.5) is 11.4 Å². The van der Waals surface area contributed by atoms with E-state index in [1.807, 2.05) is 60.7 Å². The number of benzene rings is 2. The van der Waals surface area contributed by atoms with Crippen LogP contribution in [-0.2, 0) is 4.79 Å². The summed E-state index contributed by atoms with van der Waals surface area (Å²) in [5.74, 6) is -0.311. The average molecular weight is 318 g/mol. The first-order valence-corrected chi connectivity index (χ1v) is 6.45. The molecular weight excluding hydrogens is 306 g/mol. The first-order valence-electron chi connectivity index (χ1n) is 5.66. The molecule has 96 valence electrons. The second-order valence-electron chi connectivity index (χ2n) is 3.70. The molecule has 0 aliphatic heterocycles. The fraction of sp³-hybridized carbons (Fsp3) is 0. The predicted octanol–water partition coefficient (Wildman–Crippen LogP) is 3.45. The third-order valence-corrected chi connectivity index (χ3v) is 2.81. The number of rotatable bonds is 4. The molecule has 2 rings (SSSR count). The minimum Gasteiger partial charge on any atom is -0.320 e. The van der Waals surface area contributed by atoms with Crippen molar-refractivity contribution in [3.63, 3.8) is 0 Å². The fourth-order valence-corrected chi connectivity index (χ4v) is 1.57. The second kappa shape index (κ2) is 6.70. The van der Waals surface area contributed by atoms with Crippen molar-refractivity contribution in [1.29, 1.82) is 0 Å². The summed E-state index contributed by atoms with van der Waals surface area (Å²) in [5.41, 5.74) is 4.32. The number of halogens is 1. The lowest BCUT2D eigenvalue weighted by Crippen LogP contribution is -2.19. The third-order valence-electron chi connectivity index (χ3n) is 2.28. The lowest BCUT2D eigenvalue weighted by atomic mass is 10.3. The molecule has 0 heterocycles. The highest BCUT2D eigenvalue weighted by Gasteiger charge is 2.07. The predicted molar refractivity (Wildman–Crippen MR) is 81.5 cm³/mol. The lowest BCUT2D eigenvalue weighted by molar-refractivity contribution is -0.110. The number of carbonyl (C=O) groups excluding carboxylic acids is 1. The Bertz CT molecular complexity index is 570. The van der Waals surface area contributed by atoms with Crippen molar-refractivity contribution in [3.05, 3.63) is 60.7 Å². The standard InChI is InChI=1S/C14H12BrN3O/c15-13(18-17-12-9-5-2-6-10-12)14(19)16-11-7-3-1-4-8-11/h1-10,17H,(H,16,19)/b18-13-. The van der Waals surface area contributed by atoms with Gasteiger partial charge in [-0.1, -0.05) is 36.4 Å². The zero-order valence-electron chi connectivity index (χ0n) is 10.0. The van der Waals surface area contributed by atoms with E-state index in [-0.39, 0.29) is 10.5 Å². The molecule has 0 bridgehead atoms. The first kappa shape index (κ1) is 13.3. The second-order valence-corrected chi connectivity index (χ2v) is 4.45. The maximum atomic E-state index is 11.8. The SMILES string of the molecule is O=C(Nc1ccccc1)/C(Br)=N/Nc1ccccc1. The third kappa shape index (κ3) is 4.22. The molecule has 0 unspecified atom stereocenters. The van der Waals surface area contributed by atoms with Crippen LogP contribution in [0.5, 0.6) is 0 Å². The van der Waals surface area contributed by atoms with Gasteiger partial charge in [0, 0.05) is 5.69 Å². The number of hydrogen-bond acceptors (Lipinski definition) is 3. The van der Waals surface area contributed by atoms with Crippen LogP contribution in [0.3, 0.4) is 0 Å². The number of amides is 1. The van der Waals surface area contributed by atoms with Crippen LogP contribution >= 0.6 is 15.9 Å². The smallest absolute Gasteiger partial charge is 0.283 e. The van der Waals surface area contributed by atoms with E-state index in [9.17, 15) is 4.79 Å². The topological polar surface area (TPSA) is 53.5 Å². The van der Waals surface area contributed by atoms with Gasteiger partial charge in [-0.05, 0) is 40.2 Å². The van der Waals surface area contributed by atoms with E-state index in [1.54, 1.807) is 0 Å². The molecule has 1 amide bonds. The van der Waals surface area contributed by atoms with Crippen LogP contribution in [0.15, 0.2) is 65.8 Å². The van der Waals surface area contributed by atoms with Crippen molar-refractivity contribution in [2.75, 3.05) is 10.7 Å². The van der Waals surface area contributed by atoms with Crippen molar-refractivity contribution < 1.29 is 4.79 Å². The van der Waals surface area contributed by atoms with Crippen LogP contribution in [0.25, 0.3) is 0 Å². The van der Waals surface area contributed by atoms with Crippen LogP contribution in [-0.4, -0.2) is 10.5 Å². The van der Waals surface area contributed by atoms with Gasteiger partial charge in [-0.15, -0.1) is 0 Å².